The highest BCUT2D eigenvalue weighted by Gasteiger charge is 2.27. The molecular formula is C34H26N2. The van der Waals surface area contributed by atoms with Gasteiger partial charge in [-0.15, -0.1) is 0 Å². The summed E-state index contributed by atoms with van der Waals surface area (Å²) < 4.78 is 4.78. The number of aromatic nitrogens is 2. The van der Waals surface area contributed by atoms with Crippen LogP contribution in [0.5, 0.6) is 0 Å². The standard InChI is InChI=1S/C34H26N2/c1-34(2,3)33-31(35-27-17-8-4-13-23(27)24-14-5-9-18-28(24)35)21-12-22-32(33)36-29-19-10-6-15-25(29)26-16-7-11-20-30(26)36/h4-11,13-21H,1-3H3. The Labute approximate surface area is 211 Å². The van der Waals surface area contributed by atoms with Crippen molar-refractivity contribution in [3.05, 3.63) is 121 Å². The van der Waals surface area contributed by atoms with Crippen LogP contribution < -0.4 is 0 Å². The molecule has 0 radical (unpaired) electrons. The number of benzene rings is 4. The van der Waals surface area contributed by atoms with Gasteiger partial charge in [-0.2, -0.15) is 0 Å². The quantitative estimate of drug-likeness (QED) is 0.243. The van der Waals surface area contributed by atoms with Crippen LogP contribution in [0.15, 0.2) is 103 Å². The number of fused-ring (bicyclic) bond motifs is 6. The molecule has 2 nitrogen and oxygen atoms in total. The van der Waals surface area contributed by atoms with Crippen molar-refractivity contribution in [3.63, 3.8) is 0 Å². The molecule has 0 aliphatic heterocycles. The van der Waals surface area contributed by atoms with Gasteiger partial charge < -0.3 is 9.13 Å². The van der Waals surface area contributed by atoms with E-state index in [0.29, 0.717) is 0 Å². The molecule has 0 saturated heterocycles. The van der Waals surface area contributed by atoms with Gasteiger partial charge in [0, 0.05) is 33.2 Å². The Morgan fingerprint density at radius 1 is 0.528 bits per heavy atom. The van der Waals surface area contributed by atoms with Crippen molar-refractivity contribution >= 4 is 43.6 Å². The molecule has 0 atom stereocenters. The van der Waals surface area contributed by atoms with Gasteiger partial charge in [-0.1, -0.05) is 99.6 Å². The maximum atomic E-state index is 3.55. The lowest BCUT2D eigenvalue weighted by atomic mass is 9.84. The average Bonchev–Trinajstić information content (AvgIpc) is 3.41. The molecule has 0 N–H and O–H groups in total. The molecule has 172 valence electrons. The van der Waals surface area contributed by atoms with Crippen LogP contribution in [-0.4, -0.2) is 9.13 Å². The monoisotopic (exact) mass is 462 g/mol. The normalized spacial score (nSPS) is 12.1. The molecule has 0 bridgehead atoms. The van der Waals surface area contributed by atoms with Crippen molar-refractivity contribution in [2.75, 3.05) is 0 Å². The topological polar surface area (TPSA) is 9.86 Å². The molecule has 5 aromatic carbocycles. The summed E-state index contributed by atoms with van der Waals surface area (Å²) in [4.78, 5) is 0. The fraction of sp³-hybridized carbons (Fsp3) is 0.118. The smallest absolute Gasteiger partial charge is 0.103 e. The third kappa shape index (κ3) is 2.87. The molecule has 7 rings (SSSR count). The van der Waals surface area contributed by atoms with Gasteiger partial charge in [-0.3, -0.25) is 0 Å². The molecule has 0 spiro atoms. The molecule has 0 fully saturated rings. The summed E-state index contributed by atoms with van der Waals surface area (Å²) in [5, 5.41) is 5.03. The lowest BCUT2D eigenvalue weighted by Crippen LogP contribution is -2.18. The fourth-order valence-electron chi connectivity index (χ4n) is 5.86. The van der Waals surface area contributed by atoms with Gasteiger partial charge >= 0.3 is 0 Å². The van der Waals surface area contributed by atoms with Gasteiger partial charge in [0.2, 0.25) is 0 Å². The minimum absolute atomic E-state index is 0.144. The molecule has 0 saturated carbocycles. The zero-order valence-electron chi connectivity index (χ0n) is 20.7. The first-order valence-electron chi connectivity index (χ1n) is 12.5. The van der Waals surface area contributed by atoms with Gasteiger partial charge in [0.1, 0.15) is 5.69 Å². The molecule has 2 heterocycles. The van der Waals surface area contributed by atoms with Crippen LogP contribution in [0.2, 0.25) is 0 Å². The van der Waals surface area contributed by atoms with E-state index in [1.807, 2.05) is 0 Å². The highest BCUT2D eigenvalue weighted by atomic mass is 15.0. The minimum Gasteiger partial charge on any atom is -0.308 e. The van der Waals surface area contributed by atoms with Crippen LogP contribution in [0, 0.1) is 12.1 Å². The van der Waals surface area contributed by atoms with Crippen LogP contribution in [-0.2, 0) is 5.41 Å². The summed E-state index contributed by atoms with van der Waals surface area (Å²) in [7, 11) is 0. The Morgan fingerprint density at radius 2 is 0.917 bits per heavy atom. The molecule has 36 heavy (non-hydrogen) atoms. The van der Waals surface area contributed by atoms with E-state index >= 15 is 0 Å². The molecule has 7 aromatic rings. The van der Waals surface area contributed by atoms with E-state index in [1.54, 1.807) is 0 Å². The number of hydrogen-bond donors (Lipinski definition) is 0. The number of nitrogens with zero attached hydrogens (tertiary/aromatic N) is 2. The van der Waals surface area contributed by atoms with Crippen molar-refractivity contribution < 1.29 is 0 Å². The predicted octanol–water partition coefficient (Wildman–Crippen LogP) is 8.78. The Kier molecular flexibility index (Phi) is 4.35. The van der Waals surface area contributed by atoms with Crippen molar-refractivity contribution in [3.8, 4) is 11.4 Å². The highest BCUT2D eigenvalue weighted by Crippen LogP contribution is 2.40. The van der Waals surface area contributed by atoms with Crippen LogP contribution >= 0.6 is 0 Å². The second kappa shape index (κ2) is 7.51. The number of rotatable bonds is 2. The van der Waals surface area contributed by atoms with Crippen LogP contribution in [0.4, 0.5) is 0 Å². The maximum absolute atomic E-state index is 3.55. The number of para-hydroxylation sites is 4. The van der Waals surface area contributed by atoms with E-state index in [4.69, 9.17) is 0 Å². The van der Waals surface area contributed by atoms with Gasteiger partial charge in [0.05, 0.1) is 27.8 Å². The Bertz CT molecular complexity index is 1690. The Balaban J connectivity index is 1.66. The first-order valence-corrected chi connectivity index (χ1v) is 12.5. The highest BCUT2D eigenvalue weighted by molar-refractivity contribution is 6.10. The predicted molar refractivity (Wildman–Crippen MR) is 151 cm³/mol. The Hall–Kier alpha value is -4.48. The molecule has 0 unspecified atom stereocenters. The van der Waals surface area contributed by atoms with Crippen molar-refractivity contribution in [2.45, 2.75) is 26.2 Å². The minimum atomic E-state index is -0.144. The van der Waals surface area contributed by atoms with Crippen LogP contribution in [0.3, 0.4) is 0 Å². The van der Waals surface area contributed by atoms with E-state index in [1.165, 1.54) is 49.2 Å². The largest absolute Gasteiger partial charge is 0.308 e. The van der Waals surface area contributed by atoms with Crippen molar-refractivity contribution in [1.29, 1.82) is 0 Å². The molecule has 2 aromatic heterocycles. The summed E-state index contributed by atoms with van der Waals surface area (Å²) in [6, 6.07) is 43.8. The zero-order valence-corrected chi connectivity index (χ0v) is 20.7. The lowest BCUT2D eigenvalue weighted by Gasteiger charge is -2.27. The zero-order chi connectivity index (χ0) is 24.4. The maximum Gasteiger partial charge on any atom is 0.103 e. The second-order valence-corrected chi connectivity index (χ2v) is 10.5. The average molecular weight is 463 g/mol. The summed E-state index contributed by atoms with van der Waals surface area (Å²) in [6.07, 6.45) is 0. The number of hydrogen-bond acceptors (Lipinski definition) is 0. The SMILES string of the molecule is CC(C)(C)c1c(-n2c3ccccc3c3ccccc32)c#ccc1-n1c2ccccc2c2ccccc21. The van der Waals surface area contributed by atoms with E-state index in [9.17, 15) is 0 Å². The third-order valence-corrected chi connectivity index (χ3v) is 7.27. The summed E-state index contributed by atoms with van der Waals surface area (Å²) >= 11 is 0. The van der Waals surface area contributed by atoms with Crippen molar-refractivity contribution in [1.82, 2.24) is 9.13 Å². The Morgan fingerprint density at radius 3 is 1.33 bits per heavy atom. The first kappa shape index (κ1) is 20.9. The first-order chi connectivity index (χ1) is 17.5. The van der Waals surface area contributed by atoms with E-state index in [-0.39, 0.29) is 5.41 Å². The van der Waals surface area contributed by atoms with Crippen LogP contribution in [0.25, 0.3) is 55.0 Å². The third-order valence-electron chi connectivity index (χ3n) is 7.27. The van der Waals surface area contributed by atoms with E-state index in [2.05, 4.69) is 145 Å². The van der Waals surface area contributed by atoms with Crippen molar-refractivity contribution in [2.24, 2.45) is 0 Å². The molecule has 0 aliphatic rings. The van der Waals surface area contributed by atoms with Gasteiger partial charge in [0.15, 0.2) is 0 Å². The molecule has 0 amide bonds. The fourth-order valence-corrected chi connectivity index (χ4v) is 5.86. The van der Waals surface area contributed by atoms with Crippen LogP contribution in [0.1, 0.15) is 26.3 Å². The summed E-state index contributed by atoms with van der Waals surface area (Å²) in [5.41, 5.74) is 8.10. The summed E-state index contributed by atoms with van der Waals surface area (Å²) in [5.74, 6) is 0. The molecule has 2 heteroatoms. The van der Waals surface area contributed by atoms with Gasteiger partial charge in [-0.25, -0.2) is 0 Å². The lowest BCUT2D eigenvalue weighted by molar-refractivity contribution is 0.585. The molecule has 0 aliphatic carbocycles. The van der Waals surface area contributed by atoms with Gasteiger partial charge in [0.25, 0.3) is 0 Å². The molecular weight excluding hydrogens is 436 g/mol. The van der Waals surface area contributed by atoms with E-state index < -0.39 is 0 Å². The van der Waals surface area contributed by atoms with Gasteiger partial charge in [-0.05, 0) is 35.7 Å². The van der Waals surface area contributed by atoms with E-state index in [0.717, 1.165) is 11.4 Å². The summed E-state index contributed by atoms with van der Waals surface area (Å²) in [6.45, 7) is 6.89. The second-order valence-electron chi connectivity index (χ2n) is 10.5.